The Morgan fingerprint density at radius 3 is 2.69 bits per heavy atom. The van der Waals surface area contributed by atoms with Gasteiger partial charge in [-0.1, -0.05) is 36.4 Å². The van der Waals surface area contributed by atoms with Crippen molar-refractivity contribution < 1.29 is 9.53 Å². The fourth-order valence-corrected chi connectivity index (χ4v) is 2.88. The van der Waals surface area contributed by atoms with Gasteiger partial charge in [0.25, 0.3) is 5.56 Å². The number of hydrogen-bond acceptors (Lipinski definition) is 3. The second-order valence-corrected chi connectivity index (χ2v) is 6.14. The molecule has 1 aromatic heterocycles. The number of aryl methyl sites for hydroxylation is 1. The molecule has 0 radical (unpaired) electrons. The molecule has 0 fully saturated rings. The summed E-state index contributed by atoms with van der Waals surface area (Å²) >= 11 is 0. The van der Waals surface area contributed by atoms with Crippen LogP contribution in [0.2, 0.25) is 0 Å². The van der Waals surface area contributed by atoms with E-state index in [1.54, 1.807) is 7.11 Å². The molecule has 1 heterocycles. The second-order valence-electron chi connectivity index (χ2n) is 6.14. The van der Waals surface area contributed by atoms with Gasteiger partial charge < -0.3 is 15.0 Å². The number of carbonyl (C=O) groups is 1. The second kappa shape index (κ2) is 8.45. The SMILES string of the molecule is COCCNC(=O)CCc1ccc2[nH]c(=O)c(-c3ccccc3)cc2c1. The summed E-state index contributed by atoms with van der Waals surface area (Å²) in [5, 5.41) is 3.78. The number of aromatic amines is 1. The molecule has 0 bridgehead atoms. The van der Waals surface area contributed by atoms with Crippen molar-refractivity contribution in [3.05, 3.63) is 70.5 Å². The summed E-state index contributed by atoms with van der Waals surface area (Å²) < 4.78 is 4.92. The number of amides is 1. The minimum Gasteiger partial charge on any atom is -0.383 e. The molecule has 5 nitrogen and oxygen atoms in total. The zero-order valence-corrected chi connectivity index (χ0v) is 14.7. The van der Waals surface area contributed by atoms with Crippen molar-refractivity contribution in [2.24, 2.45) is 0 Å². The van der Waals surface area contributed by atoms with E-state index < -0.39 is 0 Å². The van der Waals surface area contributed by atoms with Gasteiger partial charge in [-0.3, -0.25) is 9.59 Å². The lowest BCUT2D eigenvalue weighted by atomic mass is 10.0. The Labute approximate surface area is 152 Å². The number of nitrogens with one attached hydrogen (secondary N) is 2. The van der Waals surface area contributed by atoms with Crippen LogP contribution >= 0.6 is 0 Å². The molecule has 0 aliphatic rings. The van der Waals surface area contributed by atoms with Gasteiger partial charge in [-0.25, -0.2) is 0 Å². The molecule has 2 N–H and O–H groups in total. The molecule has 0 saturated carbocycles. The quantitative estimate of drug-likeness (QED) is 0.644. The predicted octanol–water partition coefficient (Wildman–Crippen LogP) is 2.89. The van der Waals surface area contributed by atoms with E-state index in [0.717, 1.165) is 22.0 Å². The fourth-order valence-electron chi connectivity index (χ4n) is 2.88. The van der Waals surface area contributed by atoms with Gasteiger partial charge >= 0.3 is 0 Å². The van der Waals surface area contributed by atoms with Crippen molar-refractivity contribution in [3.8, 4) is 11.1 Å². The largest absolute Gasteiger partial charge is 0.383 e. The van der Waals surface area contributed by atoms with Crippen molar-refractivity contribution in [2.75, 3.05) is 20.3 Å². The maximum Gasteiger partial charge on any atom is 0.256 e. The normalized spacial score (nSPS) is 10.8. The molecule has 1 amide bonds. The molecule has 0 spiro atoms. The molecule has 0 atom stereocenters. The summed E-state index contributed by atoms with van der Waals surface area (Å²) in [6.45, 7) is 1.03. The van der Waals surface area contributed by atoms with E-state index in [2.05, 4.69) is 10.3 Å². The molecule has 2 aromatic carbocycles. The monoisotopic (exact) mass is 350 g/mol. The average molecular weight is 350 g/mol. The fraction of sp³-hybridized carbons (Fsp3) is 0.238. The van der Waals surface area contributed by atoms with Crippen LogP contribution in [0.3, 0.4) is 0 Å². The zero-order chi connectivity index (χ0) is 18.4. The van der Waals surface area contributed by atoms with Crippen molar-refractivity contribution in [1.29, 1.82) is 0 Å². The predicted molar refractivity (Wildman–Crippen MR) is 103 cm³/mol. The third-order valence-corrected chi connectivity index (χ3v) is 4.26. The summed E-state index contributed by atoms with van der Waals surface area (Å²) in [6, 6.07) is 17.4. The van der Waals surface area contributed by atoms with Crippen LogP contribution in [0.1, 0.15) is 12.0 Å². The zero-order valence-electron chi connectivity index (χ0n) is 14.7. The number of hydrogen-bond donors (Lipinski definition) is 2. The number of ether oxygens (including phenoxy) is 1. The number of benzene rings is 2. The highest BCUT2D eigenvalue weighted by molar-refractivity contribution is 5.84. The Bertz CT molecular complexity index is 948. The van der Waals surface area contributed by atoms with Crippen LogP contribution < -0.4 is 10.9 Å². The first kappa shape index (κ1) is 17.9. The van der Waals surface area contributed by atoms with Crippen LogP contribution in [-0.2, 0) is 16.0 Å². The minimum absolute atomic E-state index is 0.00795. The molecular weight excluding hydrogens is 328 g/mol. The minimum atomic E-state index is -0.103. The van der Waals surface area contributed by atoms with Gasteiger partial charge in [0.1, 0.15) is 0 Å². The Balaban J connectivity index is 1.78. The summed E-state index contributed by atoms with van der Waals surface area (Å²) in [5.41, 5.74) is 3.29. The lowest BCUT2D eigenvalue weighted by molar-refractivity contribution is -0.121. The van der Waals surface area contributed by atoms with Crippen molar-refractivity contribution >= 4 is 16.8 Å². The molecule has 5 heteroatoms. The number of carbonyl (C=O) groups excluding carboxylic acids is 1. The molecule has 3 rings (SSSR count). The average Bonchev–Trinajstić information content (AvgIpc) is 2.67. The summed E-state index contributed by atoms with van der Waals surface area (Å²) in [7, 11) is 1.61. The highest BCUT2D eigenvalue weighted by Crippen LogP contribution is 2.20. The third kappa shape index (κ3) is 4.37. The van der Waals surface area contributed by atoms with Gasteiger partial charge in [-0.2, -0.15) is 0 Å². The van der Waals surface area contributed by atoms with Gasteiger partial charge in [-0.15, -0.1) is 0 Å². The molecule has 0 aliphatic carbocycles. The van der Waals surface area contributed by atoms with Crippen LogP contribution in [-0.4, -0.2) is 31.2 Å². The van der Waals surface area contributed by atoms with Crippen LogP contribution in [0.15, 0.2) is 59.4 Å². The standard InChI is InChI=1S/C21H22N2O3/c1-26-12-11-22-20(24)10-8-15-7-9-19-17(13-15)14-18(21(25)23-19)16-5-3-2-4-6-16/h2-7,9,13-14H,8,10-12H2,1H3,(H,22,24)(H,23,25). The molecule has 0 unspecified atom stereocenters. The van der Waals surface area contributed by atoms with Crippen LogP contribution in [0, 0.1) is 0 Å². The van der Waals surface area contributed by atoms with Crippen molar-refractivity contribution in [2.45, 2.75) is 12.8 Å². The maximum atomic E-state index is 12.3. The summed E-state index contributed by atoms with van der Waals surface area (Å²) in [6.07, 6.45) is 1.07. The maximum absolute atomic E-state index is 12.3. The molecule has 3 aromatic rings. The Morgan fingerprint density at radius 2 is 1.92 bits per heavy atom. The van der Waals surface area contributed by atoms with E-state index in [-0.39, 0.29) is 11.5 Å². The van der Waals surface area contributed by atoms with E-state index in [1.165, 1.54) is 0 Å². The topological polar surface area (TPSA) is 71.2 Å². The lowest BCUT2D eigenvalue weighted by Crippen LogP contribution is -2.27. The smallest absolute Gasteiger partial charge is 0.256 e. The van der Waals surface area contributed by atoms with Gasteiger partial charge in [0.2, 0.25) is 5.91 Å². The number of H-pyrrole nitrogens is 1. The van der Waals surface area contributed by atoms with Gasteiger partial charge in [0, 0.05) is 31.2 Å². The molecule has 0 aliphatic heterocycles. The first-order chi connectivity index (χ1) is 12.7. The Hall–Kier alpha value is -2.92. The van der Waals surface area contributed by atoms with Gasteiger partial charge in [0.05, 0.1) is 6.61 Å². The van der Waals surface area contributed by atoms with E-state index >= 15 is 0 Å². The van der Waals surface area contributed by atoms with E-state index in [0.29, 0.717) is 31.6 Å². The van der Waals surface area contributed by atoms with Gasteiger partial charge in [0.15, 0.2) is 0 Å². The molecule has 0 saturated heterocycles. The lowest BCUT2D eigenvalue weighted by Gasteiger charge is -2.07. The molecule has 26 heavy (non-hydrogen) atoms. The van der Waals surface area contributed by atoms with E-state index in [9.17, 15) is 9.59 Å². The molecular formula is C21H22N2O3. The number of methoxy groups -OCH3 is 1. The van der Waals surface area contributed by atoms with E-state index in [4.69, 9.17) is 4.74 Å². The van der Waals surface area contributed by atoms with Crippen LogP contribution in [0.4, 0.5) is 0 Å². The van der Waals surface area contributed by atoms with Crippen LogP contribution in [0.5, 0.6) is 0 Å². The van der Waals surface area contributed by atoms with Crippen molar-refractivity contribution in [1.82, 2.24) is 10.3 Å². The number of aromatic nitrogens is 1. The van der Waals surface area contributed by atoms with Gasteiger partial charge in [-0.05, 0) is 41.1 Å². The number of rotatable bonds is 7. The van der Waals surface area contributed by atoms with E-state index in [1.807, 2.05) is 54.6 Å². The first-order valence-corrected chi connectivity index (χ1v) is 8.64. The highest BCUT2D eigenvalue weighted by Gasteiger charge is 2.07. The van der Waals surface area contributed by atoms with Crippen LogP contribution in [0.25, 0.3) is 22.0 Å². The Morgan fingerprint density at radius 1 is 1.12 bits per heavy atom. The third-order valence-electron chi connectivity index (χ3n) is 4.26. The highest BCUT2D eigenvalue weighted by atomic mass is 16.5. The number of pyridine rings is 1. The Kier molecular flexibility index (Phi) is 5.81. The number of fused-ring (bicyclic) bond motifs is 1. The molecule has 134 valence electrons. The van der Waals surface area contributed by atoms with Crippen molar-refractivity contribution in [3.63, 3.8) is 0 Å². The summed E-state index contributed by atoms with van der Waals surface area (Å²) in [5.74, 6) is 0.00795. The first-order valence-electron chi connectivity index (χ1n) is 8.64. The summed E-state index contributed by atoms with van der Waals surface area (Å²) in [4.78, 5) is 27.1.